The summed E-state index contributed by atoms with van der Waals surface area (Å²) in [5.41, 5.74) is 0.731. The van der Waals surface area contributed by atoms with Crippen molar-refractivity contribution in [3.8, 4) is 11.8 Å². The molecule has 19 heavy (non-hydrogen) atoms. The lowest BCUT2D eigenvalue weighted by Crippen LogP contribution is -2.39. The Labute approximate surface area is 116 Å². The molecule has 1 amide bonds. The minimum absolute atomic E-state index is 0.00445. The van der Waals surface area contributed by atoms with Gasteiger partial charge in [-0.15, -0.1) is 11.3 Å². The van der Waals surface area contributed by atoms with Crippen LogP contribution in [0.25, 0.3) is 0 Å². The first-order valence-corrected chi connectivity index (χ1v) is 7.25. The number of aliphatic hydroxyl groups is 2. The van der Waals surface area contributed by atoms with Gasteiger partial charge in [0.15, 0.2) is 0 Å². The summed E-state index contributed by atoms with van der Waals surface area (Å²) in [5.74, 6) is 5.76. The van der Waals surface area contributed by atoms with E-state index in [0.29, 0.717) is 37.2 Å². The lowest BCUT2D eigenvalue weighted by molar-refractivity contribution is 0.0550. The number of rotatable bonds is 2. The highest BCUT2D eigenvalue weighted by Crippen LogP contribution is 2.20. The van der Waals surface area contributed by atoms with Crippen molar-refractivity contribution >= 4 is 17.2 Å². The van der Waals surface area contributed by atoms with E-state index in [9.17, 15) is 9.90 Å². The number of likely N-dealkylation sites (tertiary alicyclic amines) is 1. The summed E-state index contributed by atoms with van der Waals surface area (Å²) >= 11 is 1.39. The number of amides is 1. The molecule has 0 aliphatic carbocycles. The maximum Gasteiger partial charge on any atom is 0.265 e. The lowest BCUT2D eigenvalue weighted by atomic mass is 10.1. The Morgan fingerprint density at radius 1 is 1.47 bits per heavy atom. The molecule has 1 aliphatic heterocycles. The molecule has 0 aromatic carbocycles. The molecule has 2 N–H and O–H groups in total. The van der Waals surface area contributed by atoms with Gasteiger partial charge in [0.1, 0.15) is 4.88 Å². The van der Waals surface area contributed by atoms with E-state index in [2.05, 4.69) is 11.8 Å². The molecule has 0 spiro atoms. The Morgan fingerprint density at radius 3 is 2.89 bits per heavy atom. The maximum absolute atomic E-state index is 12.4. The number of piperidine rings is 1. The molecule has 0 bridgehead atoms. The molecular formula is C14H17NO3S. The normalized spacial score (nSPS) is 16.0. The summed E-state index contributed by atoms with van der Waals surface area (Å²) in [6.07, 6.45) is 1.42. The van der Waals surface area contributed by atoms with Crippen LogP contribution in [0.2, 0.25) is 0 Å². The van der Waals surface area contributed by atoms with Crippen LogP contribution in [0.5, 0.6) is 0 Å². The SMILES string of the molecule is O=C(c1sccc1C#CCCO)N1CCC(O)CC1. The largest absolute Gasteiger partial charge is 0.395 e. The number of thiophene rings is 1. The summed E-state index contributed by atoms with van der Waals surface area (Å²) in [5, 5.41) is 20.0. The number of nitrogens with zero attached hydrogens (tertiary/aromatic N) is 1. The van der Waals surface area contributed by atoms with Crippen LogP contribution in [-0.2, 0) is 0 Å². The van der Waals surface area contributed by atoms with Gasteiger partial charge in [0.2, 0.25) is 0 Å². The Kier molecular flexibility index (Phi) is 4.97. The zero-order valence-corrected chi connectivity index (χ0v) is 11.4. The van der Waals surface area contributed by atoms with E-state index in [1.807, 2.05) is 11.4 Å². The zero-order chi connectivity index (χ0) is 13.7. The monoisotopic (exact) mass is 279 g/mol. The second kappa shape index (κ2) is 6.71. The van der Waals surface area contributed by atoms with Crippen molar-refractivity contribution in [3.05, 3.63) is 21.9 Å². The van der Waals surface area contributed by atoms with Crippen molar-refractivity contribution in [1.82, 2.24) is 4.90 Å². The number of carbonyl (C=O) groups is 1. The molecule has 102 valence electrons. The topological polar surface area (TPSA) is 60.8 Å². The summed E-state index contributed by atoms with van der Waals surface area (Å²) in [6, 6.07) is 1.83. The van der Waals surface area contributed by atoms with Crippen molar-refractivity contribution in [3.63, 3.8) is 0 Å². The van der Waals surface area contributed by atoms with E-state index in [4.69, 9.17) is 5.11 Å². The quantitative estimate of drug-likeness (QED) is 0.796. The number of aliphatic hydroxyl groups excluding tert-OH is 2. The second-order valence-corrected chi connectivity index (χ2v) is 5.38. The molecule has 1 aromatic heterocycles. The third kappa shape index (κ3) is 3.57. The third-order valence-electron chi connectivity index (χ3n) is 3.07. The molecule has 0 unspecified atom stereocenters. The summed E-state index contributed by atoms with van der Waals surface area (Å²) in [4.78, 5) is 14.8. The molecule has 1 saturated heterocycles. The van der Waals surface area contributed by atoms with E-state index >= 15 is 0 Å². The second-order valence-electron chi connectivity index (χ2n) is 4.46. The third-order valence-corrected chi connectivity index (χ3v) is 3.97. The van der Waals surface area contributed by atoms with Gasteiger partial charge >= 0.3 is 0 Å². The average molecular weight is 279 g/mol. The Morgan fingerprint density at radius 2 is 2.21 bits per heavy atom. The van der Waals surface area contributed by atoms with Crippen molar-refractivity contribution in [2.24, 2.45) is 0 Å². The fraction of sp³-hybridized carbons (Fsp3) is 0.500. The first-order chi connectivity index (χ1) is 9.22. The predicted molar refractivity (Wildman–Crippen MR) is 74.0 cm³/mol. The molecule has 2 heterocycles. The van der Waals surface area contributed by atoms with Crippen molar-refractivity contribution in [1.29, 1.82) is 0 Å². The molecule has 1 fully saturated rings. The standard InChI is InChI=1S/C14H17NO3S/c16-9-2-1-3-11-6-10-19-13(11)14(18)15-7-4-12(17)5-8-15/h6,10,12,16-17H,2,4-5,7-9H2. The van der Waals surface area contributed by atoms with Gasteiger partial charge in [-0.25, -0.2) is 0 Å². The first kappa shape index (κ1) is 14.1. The minimum atomic E-state index is -0.281. The van der Waals surface area contributed by atoms with Gasteiger partial charge < -0.3 is 15.1 Å². The van der Waals surface area contributed by atoms with E-state index in [-0.39, 0.29) is 18.6 Å². The van der Waals surface area contributed by atoms with Gasteiger partial charge in [0, 0.05) is 25.1 Å². The van der Waals surface area contributed by atoms with E-state index in [1.165, 1.54) is 11.3 Å². The number of carbonyl (C=O) groups excluding carboxylic acids is 1. The van der Waals surface area contributed by atoms with E-state index < -0.39 is 0 Å². The first-order valence-electron chi connectivity index (χ1n) is 6.37. The van der Waals surface area contributed by atoms with Crippen LogP contribution in [0.4, 0.5) is 0 Å². The van der Waals surface area contributed by atoms with Gasteiger partial charge in [0.05, 0.1) is 12.7 Å². The van der Waals surface area contributed by atoms with Crippen LogP contribution in [0.1, 0.15) is 34.5 Å². The van der Waals surface area contributed by atoms with Gasteiger partial charge in [-0.2, -0.15) is 0 Å². The minimum Gasteiger partial charge on any atom is -0.395 e. The van der Waals surface area contributed by atoms with E-state index in [0.717, 1.165) is 5.56 Å². The fourth-order valence-electron chi connectivity index (χ4n) is 2.00. The van der Waals surface area contributed by atoms with Crippen molar-refractivity contribution < 1.29 is 15.0 Å². The number of hydrogen-bond acceptors (Lipinski definition) is 4. The van der Waals surface area contributed by atoms with Gasteiger partial charge in [0.25, 0.3) is 5.91 Å². The molecule has 5 heteroatoms. The Hall–Kier alpha value is -1.35. The predicted octanol–water partition coefficient (Wildman–Crippen LogP) is 1.08. The molecular weight excluding hydrogens is 262 g/mol. The summed E-state index contributed by atoms with van der Waals surface area (Å²) < 4.78 is 0. The van der Waals surface area contributed by atoms with Gasteiger partial charge in [-0.3, -0.25) is 4.79 Å². The molecule has 0 atom stereocenters. The molecule has 2 rings (SSSR count). The smallest absolute Gasteiger partial charge is 0.265 e. The lowest BCUT2D eigenvalue weighted by Gasteiger charge is -2.29. The Balaban J connectivity index is 2.08. The Bertz CT molecular complexity index is 492. The molecule has 1 aliphatic rings. The fourth-order valence-corrected chi connectivity index (χ4v) is 2.82. The van der Waals surface area contributed by atoms with Crippen molar-refractivity contribution in [2.75, 3.05) is 19.7 Å². The average Bonchev–Trinajstić information content (AvgIpc) is 2.87. The number of hydrogen-bond donors (Lipinski definition) is 2. The van der Waals surface area contributed by atoms with Crippen LogP contribution in [0, 0.1) is 11.8 Å². The molecule has 1 aromatic rings. The highest BCUT2D eigenvalue weighted by molar-refractivity contribution is 7.12. The highest BCUT2D eigenvalue weighted by atomic mass is 32.1. The van der Waals surface area contributed by atoms with Crippen molar-refractivity contribution in [2.45, 2.75) is 25.4 Å². The van der Waals surface area contributed by atoms with Crippen LogP contribution in [-0.4, -0.2) is 46.8 Å². The summed E-state index contributed by atoms with van der Waals surface area (Å²) in [7, 11) is 0. The van der Waals surface area contributed by atoms with Crippen LogP contribution in [0.3, 0.4) is 0 Å². The van der Waals surface area contributed by atoms with Crippen LogP contribution < -0.4 is 0 Å². The highest BCUT2D eigenvalue weighted by Gasteiger charge is 2.24. The maximum atomic E-state index is 12.4. The van der Waals surface area contributed by atoms with Crippen LogP contribution >= 0.6 is 11.3 Å². The van der Waals surface area contributed by atoms with Gasteiger partial charge in [-0.05, 0) is 24.3 Å². The molecule has 0 saturated carbocycles. The zero-order valence-electron chi connectivity index (χ0n) is 10.6. The molecule has 4 nitrogen and oxygen atoms in total. The molecule has 0 radical (unpaired) electrons. The van der Waals surface area contributed by atoms with Gasteiger partial charge in [-0.1, -0.05) is 11.8 Å². The van der Waals surface area contributed by atoms with E-state index in [1.54, 1.807) is 4.90 Å². The van der Waals surface area contributed by atoms with Crippen LogP contribution in [0.15, 0.2) is 11.4 Å². The summed E-state index contributed by atoms with van der Waals surface area (Å²) in [6.45, 7) is 1.23.